The third kappa shape index (κ3) is 4.32. The summed E-state index contributed by atoms with van der Waals surface area (Å²) in [6.45, 7) is 3.96. The Hall–Kier alpha value is -2.82. The van der Waals surface area contributed by atoms with Gasteiger partial charge in [0.2, 0.25) is 0 Å². The summed E-state index contributed by atoms with van der Waals surface area (Å²) in [5, 5.41) is 0. The summed E-state index contributed by atoms with van der Waals surface area (Å²) in [5.41, 5.74) is 7.86. The van der Waals surface area contributed by atoms with Crippen molar-refractivity contribution in [2.45, 2.75) is 20.3 Å². The summed E-state index contributed by atoms with van der Waals surface area (Å²) in [7, 11) is 1.53. The zero-order valence-corrected chi connectivity index (χ0v) is 13.5. The smallest absolute Gasteiger partial charge is 0.269 e. The number of ether oxygens (including phenoxy) is 1. The molecule has 0 saturated carbocycles. The number of nitrogens with one attached hydrogen (secondary N) is 2. The van der Waals surface area contributed by atoms with E-state index in [1.165, 1.54) is 7.11 Å². The van der Waals surface area contributed by atoms with Crippen LogP contribution < -0.4 is 15.6 Å². The van der Waals surface area contributed by atoms with Gasteiger partial charge in [0.1, 0.15) is 5.75 Å². The Kier molecular flexibility index (Phi) is 5.36. The van der Waals surface area contributed by atoms with Gasteiger partial charge in [-0.2, -0.15) is 0 Å². The average molecular weight is 312 g/mol. The van der Waals surface area contributed by atoms with Crippen LogP contribution in [0.4, 0.5) is 0 Å². The molecule has 2 rings (SSSR count). The lowest BCUT2D eigenvalue weighted by molar-refractivity contribution is 0.0846. The molecule has 0 aliphatic rings. The minimum absolute atomic E-state index is 0.348. The van der Waals surface area contributed by atoms with Gasteiger partial charge >= 0.3 is 0 Å². The molecule has 2 aromatic rings. The van der Waals surface area contributed by atoms with Crippen LogP contribution in [0.5, 0.6) is 5.75 Å². The van der Waals surface area contributed by atoms with E-state index >= 15 is 0 Å². The first kappa shape index (κ1) is 16.5. The van der Waals surface area contributed by atoms with Gasteiger partial charge < -0.3 is 4.74 Å². The van der Waals surface area contributed by atoms with Crippen molar-refractivity contribution < 1.29 is 14.3 Å². The molecule has 0 heterocycles. The third-order valence-corrected chi connectivity index (χ3v) is 3.43. The highest BCUT2D eigenvalue weighted by molar-refractivity contribution is 5.99. The zero-order chi connectivity index (χ0) is 16.8. The molecule has 120 valence electrons. The molecule has 2 amide bonds. The number of amides is 2. The summed E-state index contributed by atoms with van der Waals surface area (Å²) in [5.74, 6) is -0.171. The van der Waals surface area contributed by atoms with Crippen molar-refractivity contribution in [3.05, 3.63) is 64.7 Å². The summed E-state index contributed by atoms with van der Waals surface area (Å²) in [4.78, 5) is 24.2. The average Bonchev–Trinajstić information content (AvgIpc) is 2.58. The van der Waals surface area contributed by atoms with Gasteiger partial charge in [0.25, 0.3) is 11.8 Å². The van der Waals surface area contributed by atoms with Gasteiger partial charge in [-0.3, -0.25) is 20.4 Å². The molecule has 0 unspecified atom stereocenters. The highest BCUT2D eigenvalue weighted by Crippen LogP contribution is 2.12. The van der Waals surface area contributed by atoms with Crippen molar-refractivity contribution in [1.82, 2.24) is 10.9 Å². The van der Waals surface area contributed by atoms with Crippen LogP contribution >= 0.6 is 0 Å². The van der Waals surface area contributed by atoms with Crippen molar-refractivity contribution in [3.8, 4) is 5.75 Å². The quantitative estimate of drug-likeness (QED) is 0.853. The summed E-state index contributed by atoms with van der Waals surface area (Å²) in [6, 6.07) is 12.3. The Morgan fingerprint density at radius 3 is 2.35 bits per heavy atom. The summed E-state index contributed by atoms with van der Waals surface area (Å²) in [6.07, 6.45) is 0.845. The van der Waals surface area contributed by atoms with E-state index < -0.39 is 5.91 Å². The van der Waals surface area contributed by atoms with E-state index in [1.54, 1.807) is 30.3 Å². The van der Waals surface area contributed by atoms with Crippen LogP contribution in [-0.2, 0) is 6.42 Å². The lowest BCUT2D eigenvalue weighted by atomic mass is 10.0. The van der Waals surface area contributed by atoms with Crippen LogP contribution in [0.2, 0.25) is 0 Å². The van der Waals surface area contributed by atoms with Gasteiger partial charge in [0, 0.05) is 11.1 Å². The molecule has 2 N–H and O–H groups in total. The normalized spacial score (nSPS) is 10.0. The third-order valence-electron chi connectivity index (χ3n) is 3.43. The van der Waals surface area contributed by atoms with E-state index in [0.717, 1.165) is 17.5 Å². The molecule has 0 atom stereocenters. The number of hydrogen-bond donors (Lipinski definition) is 2. The Balaban J connectivity index is 2.03. The topological polar surface area (TPSA) is 67.4 Å². The maximum absolute atomic E-state index is 12.2. The first-order valence-corrected chi connectivity index (χ1v) is 7.38. The van der Waals surface area contributed by atoms with Crippen molar-refractivity contribution in [2.75, 3.05) is 7.11 Å². The lowest BCUT2D eigenvalue weighted by Gasteiger charge is -2.10. The Morgan fingerprint density at radius 1 is 1.00 bits per heavy atom. The predicted octanol–water partition coefficient (Wildman–Crippen LogP) is 2.64. The first-order chi connectivity index (χ1) is 11.0. The Bertz CT molecular complexity index is 726. The molecule has 0 aromatic heterocycles. The second-order valence-corrected chi connectivity index (χ2v) is 5.20. The molecule has 0 bridgehead atoms. The van der Waals surface area contributed by atoms with Crippen LogP contribution in [-0.4, -0.2) is 18.9 Å². The second-order valence-electron chi connectivity index (χ2n) is 5.20. The molecule has 0 aliphatic carbocycles. The van der Waals surface area contributed by atoms with Gasteiger partial charge in [-0.15, -0.1) is 0 Å². The highest BCUT2D eigenvalue weighted by atomic mass is 16.5. The minimum Gasteiger partial charge on any atom is -0.497 e. The number of rotatable bonds is 4. The lowest BCUT2D eigenvalue weighted by Crippen LogP contribution is -2.41. The van der Waals surface area contributed by atoms with Crippen LogP contribution in [0.3, 0.4) is 0 Å². The van der Waals surface area contributed by atoms with E-state index in [4.69, 9.17) is 4.74 Å². The van der Waals surface area contributed by atoms with Gasteiger partial charge in [0.05, 0.1) is 7.11 Å². The number of hydrazine groups is 1. The molecular formula is C18H20N2O3. The molecule has 0 fully saturated rings. The van der Waals surface area contributed by atoms with Gasteiger partial charge in [-0.05, 0) is 49.2 Å². The second kappa shape index (κ2) is 7.45. The van der Waals surface area contributed by atoms with E-state index in [1.807, 2.05) is 26.0 Å². The molecule has 0 spiro atoms. The monoisotopic (exact) mass is 312 g/mol. The van der Waals surface area contributed by atoms with Gasteiger partial charge in [-0.25, -0.2) is 0 Å². The number of carbonyl (C=O) groups is 2. The SMILES string of the molecule is CCc1cc(C)cc(C(=O)NNC(=O)c2cccc(OC)c2)c1. The maximum Gasteiger partial charge on any atom is 0.269 e. The van der Waals surface area contributed by atoms with Crippen molar-refractivity contribution >= 4 is 11.8 Å². The number of carbonyl (C=O) groups excluding carboxylic acids is 2. The van der Waals surface area contributed by atoms with Gasteiger partial charge in [-0.1, -0.05) is 24.6 Å². The maximum atomic E-state index is 12.2. The fraction of sp³-hybridized carbons (Fsp3) is 0.222. The zero-order valence-electron chi connectivity index (χ0n) is 13.5. The van der Waals surface area contributed by atoms with Crippen molar-refractivity contribution in [2.24, 2.45) is 0 Å². The van der Waals surface area contributed by atoms with Gasteiger partial charge in [0.15, 0.2) is 0 Å². The fourth-order valence-electron chi connectivity index (χ4n) is 2.22. The Labute approximate surface area is 135 Å². The van der Waals surface area contributed by atoms with Crippen LogP contribution in [0.15, 0.2) is 42.5 Å². The van der Waals surface area contributed by atoms with Crippen LogP contribution in [0.25, 0.3) is 0 Å². The summed E-state index contributed by atoms with van der Waals surface area (Å²) >= 11 is 0. The van der Waals surface area contributed by atoms with E-state index in [0.29, 0.717) is 16.9 Å². The molecule has 23 heavy (non-hydrogen) atoms. The molecule has 5 heteroatoms. The highest BCUT2D eigenvalue weighted by Gasteiger charge is 2.10. The first-order valence-electron chi connectivity index (χ1n) is 7.38. The minimum atomic E-state index is -0.402. The molecule has 5 nitrogen and oxygen atoms in total. The standard InChI is InChI=1S/C18H20N2O3/c1-4-13-8-12(2)9-15(10-13)18(22)20-19-17(21)14-6-5-7-16(11-14)23-3/h5-11H,4H2,1-3H3,(H,19,21)(H,20,22). The number of hydrogen-bond acceptors (Lipinski definition) is 3. The van der Waals surface area contributed by atoms with Crippen molar-refractivity contribution in [1.29, 1.82) is 0 Å². The number of aryl methyl sites for hydroxylation is 2. The molecule has 0 radical (unpaired) electrons. The van der Waals surface area contributed by atoms with Crippen molar-refractivity contribution in [3.63, 3.8) is 0 Å². The predicted molar refractivity (Wildman–Crippen MR) is 88.5 cm³/mol. The molecule has 0 aliphatic heterocycles. The van der Waals surface area contributed by atoms with E-state index in [2.05, 4.69) is 10.9 Å². The summed E-state index contributed by atoms with van der Waals surface area (Å²) < 4.78 is 5.07. The fourth-order valence-corrected chi connectivity index (χ4v) is 2.22. The molecular weight excluding hydrogens is 292 g/mol. The Morgan fingerprint density at radius 2 is 1.70 bits per heavy atom. The van der Waals surface area contributed by atoms with E-state index in [9.17, 15) is 9.59 Å². The van der Waals surface area contributed by atoms with Crippen LogP contribution in [0.1, 0.15) is 38.8 Å². The number of methoxy groups -OCH3 is 1. The van der Waals surface area contributed by atoms with Crippen LogP contribution in [0, 0.1) is 6.92 Å². The number of benzene rings is 2. The largest absolute Gasteiger partial charge is 0.497 e. The molecule has 2 aromatic carbocycles. The molecule has 0 saturated heterocycles. The van der Waals surface area contributed by atoms with E-state index in [-0.39, 0.29) is 5.91 Å².